The molecule has 50 heavy (non-hydrogen) atoms. The number of hydrogen-bond donors (Lipinski definition) is 0. The molecule has 0 bridgehead atoms. The summed E-state index contributed by atoms with van der Waals surface area (Å²) in [4.78, 5) is 4.91. The maximum absolute atomic E-state index is 4.91. The second-order valence-electron chi connectivity index (χ2n) is 15.1. The lowest BCUT2D eigenvalue weighted by molar-refractivity contribution is 0.660. The number of aromatic nitrogens is 1. The summed E-state index contributed by atoms with van der Waals surface area (Å²) in [7, 11) is 0. The Morgan fingerprint density at radius 3 is 1.70 bits per heavy atom. The first-order valence-corrected chi connectivity index (χ1v) is 17.7. The van der Waals surface area contributed by atoms with Gasteiger partial charge in [0, 0.05) is 22.6 Å². The van der Waals surface area contributed by atoms with Crippen LogP contribution in [0.2, 0.25) is 0 Å². The normalized spacial score (nSPS) is 14.7. The lowest BCUT2D eigenvalue weighted by Crippen LogP contribution is -2.14. The Bertz CT molecular complexity index is 2690. The van der Waals surface area contributed by atoms with Crippen LogP contribution in [0.25, 0.3) is 77.3 Å². The second kappa shape index (κ2) is 10.4. The Balaban J connectivity index is 1.30. The molecule has 0 N–H and O–H groups in total. The molecule has 0 saturated carbocycles. The van der Waals surface area contributed by atoms with Gasteiger partial charge in [0.25, 0.3) is 0 Å². The average Bonchev–Trinajstić information content (AvgIpc) is 3.53. The predicted molar refractivity (Wildman–Crippen MR) is 211 cm³/mol. The van der Waals surface area contributed by atoms with Crippen LogP contribution < -0.4 is 0 Å². The van der Waals surface area contributed by atoms with E-state index >= 15 is 0 Å². The van der Waals surface area contributed by atoms with Crippen molar-refractivity contribution in [2.45, 2.75) is 38.5 Å². The number of hydrogen-bond acceptors (Lipinski definition) is 1. The molecule has 1 heterocycles. The van der Waals surface area contributed by atoms with Crippen molar-refractivity contribution in [3.8, 4) is 55.8 Å². The highest BCUT2D eigenvalue weighted by Gasteiger charge is 2.38. The van der Waals surface area contributed by atoms with Gasteiger partial charge < -0.3 is 0 Å². The van der Waals surface area contributed by atoms with Crippen molar-refractivity contribution in [2.24, 2.45) is 0 Å². The SMILES string of the molecule is CC1(C)c2ccccc2-c2ccc(-c3ccc4c(-c5ccccn5)c5ccccc5c(-c5cccc6c5-c5ccccc5C6(C)C)c4c3)cc21. The molecule has 1 heteroatoms. The Hall–Kier alpha value is -5.79. The summed E-state index contributed by atoms with van der Waals surface area (Å²) in [5.41, 5.74) is 18.1. The summed E-state index contributed by atoms with van der Waals surface area (Å²) in [6, 6.07) is 54.2. The molecule has 1 aromatic heterocycles. The number of fused-ring (bicyclic) bond motifs is 8. The van der Waals surface area contributed by atoms with Gasteiger partial charge in [0.15, 0.2) is 0 Å². The fraction of sp³-hybridized carbons (Fsp3) is 0.122. The summed E-state index contributed by atoms with van der Waals surface area (Å²) >= 11 is 0. The molecular weight excluding hydrogens is 603 g/mol. The minimum atomic E-state index is -0.0819. The van der Waals surface area contributed by atoms with Crippen LogP contribution in [0.15, 0.2) is 152 Å². The highest BCUT2D eigenvalue weighted by atomic mass is 14.7. The quantitative estimate of drug-likeness (QED) is 0.175. The van der Waals surface area contributed by atoms with Gasteiger partial charge >= 0.3 is 0 Å². The lowest BCUT2D eigenvalue weighted by Gasteiger charge is -2.23. The number of nitrogens with zero attached hydrogens (tertiary/aromatic N) is 1. The van der Waals surface area contributed by atoms with Crippen molar-refractivity contribution in [3.63, 3.8) is 0 Å². The molecule has 0 spiro atoms. The molecule has 0 saturated heterocycles. The van der Waals surface area contributed by atoms with Gasteiger partial charge in [0.2, 0.25) is 0 Å². The fourth-order valence-corrected chi connectivity index (χ4v) is 9.28. The maximum Gasteiger partial charge on any atom is 0.0714 e. The van der Waals surface area contributed by atoms with E-state index in [1.54, 1.807) is 0 Å². The molecule has 1 nitrogen and oxygen atoms in total. The van der Waals surface area contributed by atoms with E-state index in [1.165, 1.54) is 93.9 Å². The monoisotopic (exact) mass is 639 g/mol. The van der Waals surface area contributed by atoms with Crippen LogP contribution in [0, 0.1) is 0 Å². The smallest absolute Gasteiger partial charge is 0.0714 e. The van der Waals surface area contributed by atoms with Crippen LogP contribution in [-0.4, -0.2) is 4.98 Å². The zero-order valence-electron chi connectivity index (χ0n) is 28.9. The van der Waals surface area contributed by atoms with Gasteiger partial charge in [-0.05, 0) is 113 Å². The van der Waals surface area contributed by atoms with Gasteiger partial charge in [-0.15, -0.1) is 0 Å². The standard InChI is InChI=1S/C49H37N/c1-48(2)41-20-10-8-17-37(41)46-38(18-13-21-42(46)48)45-34-15-5-6-16-35(34)47(44-22-11-12-27-50-44)36-26-24-30(28-39(36)45)31-23-25-33-32-14-7-9-19-40(32)49(3,4)43(33)29-31/h5-29H,1-4H3. The van der Waals surface area contributed by atoms with E-state index in [-0.39, 0.29) is 10.8 Å². The lowest BCUT2D eigenvalue weighted by atomic mass is 9.80. The third kappa shape index (κ3) is 3.92. The van der Waals surface area contributed by atoms with Crippen molar-refractivity contribution in [1.29, 1.82) is 0 Å². The number of rotatable bonds is 3. The molecule has 8 aromatic rings. The molecule has 0 radical (unpaired) electrons. The van der Waals surface area contributed by atoms with E-state index in [4.69, 9.17) is 4.98 Å². The van der Waals surface area contributed by atoms with Gasteiger partial charge in [0.1, 0.15) is 0 Å². The molecule has 2 aliphatic carbocycles. The van der Waals surface area contributed by atoms with E-state index in [9.17, 15) is 0 Å². The summed E-state index contributed by atoms with van der Waals surface area (Å²) in [5.74, 6) is 0. The Kier molecular flexibility index (Phi) is 6.04. The predicted octanol–water partition coefficient (Wildman–Crippen LogP) is 13.0. The number of benzene rings is 7. The fourth-order valence-electron chi connectivity index (χ4n) is 9.28. The topological polar surface area (TPSA) is 12.9 Å². The minimum absolute atomic E-state index is 0.0584. The Morgan fingerprint density at radius 1 is 0.360 bits per heavy atom. The first kappa shape index (κ1) is 29.2. The highest BCUT2D eigenvalue weighted by molar-refractivity contribution is 6.23. The molecule has 2 aliphatic rings. The molecule has 0 amide bonds. The zero-order chi connectivity index (χ0) is 33.8. The first-order chi connectivity index (χ1) is 24.3. The van der Waals surface area contributed by atoms with Gasteiger partial charge in [-0.2, -0.15) is 0 Å². The summed E-state index contributed by atoms with van der Waals surface area (Å²) < 4.78 is 0. The van der Waals surface area contributed by atoms with Gasteiger partial charge in [0.05, 0.1) is 5.69 Å². The van der Waals surface area contributed by atoms with Crippen LogP contribution in [-0.2, 0) is 10.8 Å². The summed E-state index contributed by atoms with van der Waals surface area (Å²) in [6.45, 7) is 9.46. The van der Waals surface area contributed by atoms with E-state index in [1.807, 2.05) is 12.3 Å². The van der Waals surface area contributed by atoms with Crippen LogP contribution in [0.1, 0.15) is 49.9 Å². The zero-order valence-corrected chi connectivity index (χ0v) is 28.9. The molecular formula is C49H37N. The summed E-state index contributed by atoms with van der Waals surface area (Å²) in [5, 5.41) is 4.94. The second-order valence-corrected chi connectivity index (χ2v) is 15.1. The van der Waals surface area contributed by atoms with Gasteiger partial charge in [-0.3, -0.25) is 4.98 Å². The average molecular weight is 640 g/mol. The largest absolute Gasteiger partial charge is 0.256 e. The maximum atomic E-state index is 4.91. The Labute approximate surface area is 293 Å². The van der Waals surface area contributed by atoms with Crippen molar-refractivity contribution < 1.29 is 0 Å². The molecule has 0 atom stereocenters. The molecule has 238 valence electrons. The van der Waals surface area contributed by atoms with E-state index in [0.717, 1.165) is 5.69 Å². The van der Waals surface area contributed by atoms with Gasteiger partial charge in [-0.1, -0.05) is 149 Å². The summed E-state index contributed by atoms with van der Waals surface area (Å²) in [6.07, 6.45) is 1.91. The third-order valence-corrected chi connectivity index (χ3v) is 11.7. The van der Waals surface area contributed by atoms with Crippen molar-refractivity contribution >= 4 is 21.5 Å². The van der Waals surface area contributed by atoms with Crippen LogP contribution in [0.3, 0.4) is 0 Å². The van der Waals surface area contributed by atoms with E-state index in [0.29, 0.717) is 0 Å². The van der Waals surface area contributed by atoms with Crippen LogP contribution >= 0.6 is 0 Å². The first-order valence-electron chi connectivity index (χ1n) is 17.7. The molecule has 0 aliphatic heterocycles. The number of pyridine rings is 1. The van der Waals surface area contributed by atoms with Crippen molar-refractivity contribution in [1.82, 2.24) is 4.98 Å². The molecule has 7 aromatic carbocycles. The van der Waals surface area contributed by atoms with E-state index in [2.05, 4.69) is 167 Å². The van der Waals surface area contributed by atoms with Crippen molar-refractivity contribution in [3.05, 3.63) is 174 Å². The minimum Gasteiger partial charge on any atom is -0.256 e. The third-order valence-electron chi connectivity index (χ3n) is 11.7. The highest BCUT2D eigenvalue weighted by Crippen LogP contribution is 2.55. The molecule has 0 fully saturated rings. The van der Waals surface area contributed by atoms with Crippen LogP contribution in [0.4, 0.5) is 0 Å². The molecule has 0 unspecified atom stereocenters. The van der Waals surface area contributed by atoms with E-state index < -0.39 is 0 Å². The van der Waals surface area contributed by atoms with Gasteiger partial charge in [-0.25, -0.2) is 0 Å². The Morgan fingerprint density at radius 2 is 0.920 bits per heavy atom. The van der Waals surface area contributed by atoms with Crippen molar-refractivity contribution in [2.75, 3.05) is 0 Å². The van der Waals surface area contributed by atoms with Crippen LogP contribution in [0.5, 0.6) is 0 Å². The molecule has 10 rings (SSSR count).